The van der Waals surface area contributed by atoms with Crippen molar-refractivity contribution in [3.8, 4) is 0 Å². The van der Waals surface area contributed by atoms with Gasteiger partial charge in [-0.1, -0.05) is 45.8 Å². The largest absolute Gasteiger partial charge is 0.302 e. The molecule has 1 atom stereocenters. The summed E-state index contributed by atoms with van der Waals surface area (Å²) in [6.45, 7) is 2.02. The third-order valence-electron chi connectivity index (χ3n) is 1.52. The van der Waals surface area contributed by atoms with Crippen molar-refractivity contribution in [1.29, 1.82) is 0 Å². The van der Waals surface area contributed by atoms with Crippen LogP contribution in [0.15, 0.2) is 24.3 Å². The fourth-order valence-corrected chi connectivity index (χ4v) is 1.13. The number of carbonyl (C=O) groups excluding carboxylic acids is 1. The van der Waals surface area contributed by atoms with Crippen LogP contribution in [0.25, 0.3) is 0 Å². The lowest BCUT2D eigenvalue weighted by Crippen LogP contribution is -1.89. The highest BCUT2D eigenvalue weighted by molar-refractivity contribution is 9.09. The van der Waals surface area contributed by atoms with Crippen molar-refractivity contribution in [3.05, 3.63) is 35.4 Å². The Morgan fingerprint density at radius 1 is 1.36 bits per heavy atom. The van der Waals surface area contributed by atoms with Gasteiger partial charge in [0.1, 0.15) is 6.29 Å². The molecule has 0 saturated carbocycles. The second kappa shape index (κ2) is 3.67. The Morgan fingerprint density at radius 3 is 2.36 bits per heavy atom. The predicted molar refractivity (Wildman–Crippen MR) is 48.9 cm³/mol. The lowest BCUT2D eigenvalue weighted by atomic mass is 10.1. The van der Waals surface area contributed by atoms with Crippen molar-refractivity contribution in [2.75, 3.05) is 0 Å². The molecule has 2 heteroatoms. The maximum Gasteiger partial charge on any atom is 0.138 e. The molecule has 0 unspecified atom stereocenters. The molecule has 0 aliphatic rings. The van der Waals surface area contributed by atoms with Crippen LogP contribution in [0.2, 0.25) is 0 Å². The van der Waals surface area contributed by atoms with Gasteiger partial charge in [0.15, 0.2) is 0 Å². The van der Waals surface area contributed by atoms with Gasteiger partial charge < -0.3 is 4.79 Å². The molecule has 0 aromatic heterocycles. The Morgan fingerprint density at radius 2 is 1.91 bits per heavy atom. The van der Waals surface area contributed by atoms with E-state index in [0.717, 1.165) is 11.8 Å². The summed E-state index contributed by atoms with van der Waals surface area (Å²) in [4.78, 5) is 10.2. The Hall–Kier alpha value is -0.630. The first-order valence-corrected chi connectivity index (χ1v) is 4.31. The zero-order valence-corrected chi connectivity index (χ0v) is 7.84. The molecular weight excluding hydrogens is 204 g/mol. The van der Waals surface area contributed by atoms with Crippen LogP contribution in [-0.2, 0) is 4.79 Å². The van der Waals surface area contributed by atoms with E-state index in [9.17, 15) is 4.79 Å². The highest BCUT2D eigenvalue weighted by Crippen LogP contribution is 2.19. The van der Waals surface area contributed by atoms with Gasteiger partial charge in [-0.2, -0.15) is 0 Å². The molecular formula is C9H9BrO. The van der Waals surface area contributed by atoms with Crippen LogP contribution in [0.5, 0.6) is 0 Å². The average molecular weight is 213 g/mol. The third-order valence-corrected chi connectivity index (χ3v) is 2.26. The molecule has 0 aliphatic heterocycles. The number of aldehydes is 1. The van der Waals surface area contributed by atoms with Crippen molar-refractivity contribution in [2.24, 2.45) is 0 Å². The first-order chi connectivity index (χ1) is 5.24. The normalized spacial score (nSPS) is 12.5. The lowest BCUT2D eigenvalue weighted by Gasteiger charge is -2.01. The van der Waals surface area contributed by atoms with Crippen molar-refractivity contribution in [3.63, 3.8) is 0 Å². The van der Waals surface area contributed by atoms with Gasteiger partial charge in [0, 0.05) is 0 Å². The van der Waals surface area contributed by atoms with E-state index >= 15 is 0 Å². The van der Waals surface area contributed by atoms with Crippen LogP contribution in [0.3, 0.4) is 0 Å². The van der Waals surface area contributed by atoms with Crippen LogP contribution >= 0.6 is 15.9 Å². The molecule has 1 aromatic rings. The van der Waals surface area contributed by atoms with Crippen LogP contribution in [-0.4, -0.2) is 6.29 Å². The van der Waals surface area contributed by atoms with E-state index in [0.29, 0.717) is 0 Å². The predicted octanol–water partition coefficient (Wildman–Crippen LogP) is 2.63. The molecule has 0 heterocycles. The molecule has 0 bridgehead atoms. The summed E-state index contributed by atoms with van der Waals surface area (Å²) in [5, 5.41) is 0. The molecule has 0 aliphatic carbocycles. The number of benzene rings is 1. The number of hydrogen-bond acceptors (Lipinski definition) is 1. The van der Waals surface area contributed by atoms with Crippen molar-refractivity contribution in [2.45, 2.75) is 11.8 Å². The summed E-state index contributed by atoms with van der Waals surface area (Å²) < 4.78 is 0. The summed E-state index contributed by atoms with van der Waals surface area (Å²) >= 11 is 3.24. The number of halogens is 1. The van der Waals surface area contributed by atoms with Crippen LogP contribution < -0.4 is 0 Å². The fourth-order valence-electron chi connectivity index (χ4n) is 0.829. The Labute approximate surface area is 74.6 Å². The maximum atomic E-state index is 10.3. The van der Waals surface area contributed by atoms with E-state index < -0.39 is 0 Å². The molecule has 1 aromatic carbocycles. The van der Waals surface area contributed by atoms with Gasteiger partial charge in [-0.15, -0.1) is 0 Å². The quantitative estimate of drug-likeness (QED) is 0.545. The number of hydrogen-bond donors (Lipinski definition) is 0. The molecule has 0 radical (unpaired) electrons. The van der Waals surface area contributed by atoms with Gasteiger partial charge in [0.05, 0.1) is 4.83 Å². The molecule has 0 N–H and O–H groups in total. The van der Waals surface area contributed by atoms with Gasteiger partial charge in [-0.25, -0.2) is 0 Å². The minimum absolute atomic E-state index is 0.164. The smallest absolute Gasteiger partial charge is 0.138 e. The van der Waals surface area contributed by atoms with Gasteiger partial charge >= 0.3 is 0 Å². The third kappa shape index (κ3) is 2.15. The SMILES string of the molecule is Cc1ccc([C@H](Br)C=O)cc1. The second-order valence-electron chi connectivity index (χ2n) is 2.45. The Balaban J connectivity index is 2.89. The molecule has 0 amide bonds. The average Bonchev–Trinajstić information content (AvgIpc) is 2.05. The van der Waals surface area contributed by atoms with Crippen LogP contribution in [0, 0.1) is 6.92 Å². The molecule has 0 saturated heterocycles. The molecule has 11 heavy (non-hydrogen) atoms. The van der Waals surface area contributed by atoms with Gasteiger partial charge in [-0.05, 0) is 12.5 Å². The number of alkyl halides is 1. The van der Waals surface area contributed by atoms with Crippen molar-refractivity contribution in [1.82, 2.24) is 0 Å². The van der Waals surface area contributed by atoms with Crippen LogP contribution in [0.1, 0.15) is 16.0 Å². The monoisotopic (exact) mass is 212 g/mol. The molecule has 0 spiro atoms. The van der Waals surface area contributed by atoms with E-state index in [-0.39, 0.29) is 4.83 Å². The number of aryl methyl sites for hydroxylation is 1. The minimum atomic E-state index is -0.164. The molecule has 0 fully saturated rings. The minimum Gasteiger partial charge on any atom is -0.302 e. The lowest BCUT2D eigenvalue weighted by molar-refractivity contribution is -0.107. The topological polar surface area (TPSA) is 17.1 Å². The van der Waals surface area contributed by atoms with E-state index in [2.05, 4.69) is 15.9 Å². The molecule has 58 valence electrons. The summed E-state index contributed by atoms with van der Waals surface area (Å²) in [6.07, 6.45) is 0.880. The van der Waals surface area contributed by atoms with E-state index in [1.807, 2.05) is 31.2 Å². The second-order valence-corrected chi connectivity index (χ2v) is 3.44. The highest BCUT2D eigenvalue weighted by atomic mass is 79.9. The van der Waals surface area contributed by atoms with E-state index in [4.69, 9.17) is 0 Å². The first-order valence-electron chi connectivity index (χ1n) is 3.40. The summed E-state index contributed by atoms with van der Waals surface area (Å²) in [6, 6.07) is 7.88. The Kier molecular flexibility index (Phi) is 2.83. The van der Waals surface area contributed by atoms with Gasteiger partial charge in [0.2, 0.25) is 0 Å². The fraction of sp³-hybridized carbons (Fsp3) is 0.222. The summed E-state index contributed by atoms with van der Waals surface area (Å²) in [5.74, 6) is 0. The molecule has 1 rings (SSSR count). The summed E-state index contributed by atoms with van der Waals surface area (Å²) in [5.41, 5.74) is 2.21. The van der Waals surface area contributed by atoms with Crippen LogP contribution in [0.4, 0.5) is 0 Å². The Bertz CT molecular complexity index is 240. The van der Waals surface area contributed by atoms with Crippen molar-refractivity contribution < 1.29 is 4.79 Å². The number of carbonyl (C=O) groups is 1. The standard InChI is InChI=1S/C9H9BrO/c1-7-2-4-8(5-3-7)9(10)6-11/h2-6,9H,1H3/t9-/m1/s1. The number of rotatable bonds is 2. The van der Waals surface area contributed by atoms with E-state index in [1.165, 1.54) is 5.56 Å². The molecule has 1 nitrogen and oxygen atoms in total. The van der Waals surface area contributed by atoms with Crippen molar-refractivity contribution >= 4 is 22.2 Å². The van der Waals surface area contributed by atoms with E-state index in [1.54, 1.807) is 0 Å². The highest BCUT2D eigenvalue weighted by Gasteiger charge is 2.02. The zero-order valence-electron chi connectivity index (χ0n) is 6.25. The van der Waals surface area contributed by atoms with Gasteiger partial charge in [0.25, 0.3) is 0 Å². The summed E-state index contributed by atoms with van der Waals surface area (Å²) in [7, 11) is 0. The van der Waals surface area contributed by atoms with Gasteiger partial charge in [-0.3, -0.25) is 0 Å². The first kappa shape index (κ1) is 8.47. The zero-order chi connectivity index (χ0) is 8.27. The maximum absolute atomic E-state index is 10.3.